The number of ether oxygens (including phenoxy) is 1. The molecule has 154 valence electrons. The van der Waals surface area contributed by atoms with Crippen LogP contribution in [-0.2, 0) is 0 Å². The number of amides is 2. The molecule has 0 atom stereocenters. The summed E-state index contributed by atoms with van der Waals surface area (Å²) in [7, 11) is 1.58. The molecule has 2 amide bonds. The number of nitrogens with zero attached hydrogens (tertiary/aromatic N) is 3. The molecular formula is C23H22FN3O3. The molecule has 6 nitrogen and oxygen atoms in total. The van der Waals surface area contributed by atoms with E-state index in [1.807, 2.05) is 0 Å². The molecule has 7 heteroatoms. The highest BCUT2D eigenvalue weighted by molar-refractivity contribution is 6.06. The Kier molecular flexibility index (Phi) is 5.35. The lowest BCUT2D eigenvalue weighted by Gasteiger charge is -2.35. The Morgan fingerprint density at radius 3 is 2.20 bits per heavy atom. The molecule has 0 saturated carbocycles. The number of methoxy groups -OCH3 is 1. The van der Waals surface area contributed by atoms with Crippen LogP contribution in [0.4, 0.5) is 4.39 Å². The van der Waals surface area contributed by atoms with E-state index in [4.69, 9.17) is 4.74 Å². The van der Waals surface area contributed by atoms with E-state index in [1.54, 1.807) is 60.2 Å². The Hall–Kier alpha value is -3.48. The van der Waals surface area contributed by atoms with Gasteiger partial charge in [-0.15, -0.1) is 0 Å². The van der Waals surface area contributed by atoms with E-state index in [9.17, 15) is 14.0 Å². The summed E-state index contributed by atoms with van der Waals surface area (Å²) in [4.78, 5) is 33.7. The van der Waals surface area contributed by atoms with Gasteiger partial charge in [-0.1, -0.05) is 0 Å². The van der Waals surface area contributed by atoms with Crippen molar-refractivity contribution in [3.8, 4) is 5.75 Å². The van der Waals surface area contributed by atoms with Gasteiger partial charge in [0.1, 0.15) is 11.6 Å². The summed E-state index contributed by atoms with van der Waals surface area (Å²) in [5.74, 6) is 0.116. The zero-order chi connectivity index (χ0) is 21.3. The van der Waals surface area contributed by atoms with Gasteiger partial charge in [-0.25, -0.2) is 4.39 Å². The largest absolute Gasteiger partial charge is 0.497 e. The highest BCUT2D eigenvalue weighted by Gasteiger charge is 2.26. The zero-order valence-electron chi connectivity index (χ0n) is 16.9. The van der Waals surface area contributed by atoms with Crippen molar-refractivity contribution >= 4 is 22.7 Å². The molecule has 1 aliphatic rings. The third kappa shape index (κ3) is 3.83. The van der Waals surface area contributed by atoms with Crippen LogP contribution in [0.3, 0.4) is 0 Å². The number of hydrogen-bond donors (Lipinski definition) is 0. The van der Waals surface area contributed by atoms with Gasteiger partial charge in [-0.2, -0.15) is 0 Å². The third-order valence-corrected chi connectivity index (χ3v) is 5.32. The number of aryl methyl sites for hydroxylation is 1. The number of piperazine rings is 1. The molecule has 30 heavy (non-hydrogen) atoms. The van der Waals surface area contributed by atoms with Crippen LogP contribution in [0.15, 0.2) is 48.5 Å². The standard InChI is InChI=1S/C23H22FN3O3/c1-15-13-20(19-8-5-17(24)14-21(19)25-15)23(29)27-11-9-26(10-12-27)22(28)16-3-6-18(30-2)7-4-16/h3-8,13-14H,9-12H2,1-2H3. The SMILES string of the molecule is COc1ccc(C(=O)N2CCN(C(=O)c3cc(C)nc4cc(F)ccc34)CC2)cc1. The first-order valence-electron chi connectivity index (χ1n) is 9.76. The average Bonchev–Trinajstić information content (AvgIpc) is 2.77. The van der Waals surface area contributed by atoms with Crippen LogP contribution in [0.1, 0.15) is 26.4 Å². The molecule has 0 aliphatic carbocycles. The fourth-order valence-corrected chi connectivity index (χ4v) is 3.71. The summed E-state index contributed by atoms with van der Waals surface area (Å²) in [6.45, 7) is 3.56. The second-order valence-electron chi connectivity index (χ2n) is 7.29. The maximum atomic E-state index is 13.6. The number of hydrogen-bond acceptors (Lipinski definition) is 4. The van der Waals surface area contributed by atoms with Crippen LogP contribution in [0.2, 0.25) is 0 Å². The van der Waals surface area contributed by atoms with Crippen molar-refractivity contribution in [1.82, 2.24) is 14.8 Å². The van der Waals surface area contributed by atoms with Crippen molar-refractivity contribution in [2.24, 2.45) is 0 Å². The second kappa shape index (κ2) is 8.10. The minimum absolute atomic E-state index is 0.0644. The molecule has 2 heterocycles. The molecule has 4 rings (SSSR count). The fourth-order valence-electron chi connectivity index (χ4n) is 3.71. The maximum Gasteiger partial charge on any atom is 0.254 e. The summed E-state index contributed by atoms with van der Waals surface area (Å²) in [5, 5.41) is 0.628. The van der Waals surface area contributed by atoms with E-state index < -0.39 is 0 Å². The molecule has 1 saturated heterocycles. The van der Waals surface area contributed by atoms with Gasteiger partial charge in [-0.05, 0) is 49.4 Å². The molecular weight excluding hydrogens is 385 g/mol. The molecule has 0 N–H and O–H groups in total. The molecule has 0 bridgehead atoms. The van der Waals surface area contributed by atoms with Gasteiger partial charge < -0.3 is 14.5 Å². The topological polar surface area (TPSA) is 62.7 Å². The van der Waals surface area contributed by atoms with E-state index in [2.05, 4.69) is 4.98 Å². The van der Waals surface area contributed by atoms with Crippen molar-refractivity contribution in [2.75, 3.05) is 33.3 Å². The monoisotopic (exact) mass is 407 g/mol. The molecule has 0 radical (unpaired) electrons. The van der Waals surface area contributed by atoms with Crippen LogP contribution in [0, 0.1) is 12.7 Å². The van der Waals surface area contributed by atoms with Gasteiger partial charge >= 0.3 is 0 Å². The minimum Gasteiger partial charge on any atom is -0.497 e. The zero-order valence-corrected chi connectivity index (χ0v) is 16.9. The smallest absolute Gasteiger partial charge is 0.254 e. The van der Waals surface area contributed by atoms with E-state index in [0.29, 0.717) is 59.7 Å². The second-order valence-corrected chi connectivity index (χ2v) is 7.29. The fraction of sp³-hybridized carbons (Fsp3) is 0.261. The Labute approximate surface area is 173 Å². The first kappa shape index (κ1) is 19.8. The number of carbonyl (C=O) groups is 2. The maximum absolute atomic E-state index is 13.6. The number of halogens is 1. The number of rotatable bonds is 3. The lowest BCUT2D eigenvalue weighted by Crippen LogP contribution is -2.50. The van der Waals surface area contributed by atoms with Crippen LogP contribution in [-0.4, -0.2) is 59.9 Å². The van der Waals surface area contributed by atoms with Gasteiger partial charge in [0.2, 0.25) is 0 Å². The average molecular weight is 407 g/mol. The van der Waals surface area contributed by atoms with Crippen LogP contribution >= 0.6 is 0 Å². The van der Waals surface area contributed by atoms with Crippen molar-refractivity contribution in [1.29, 1.82) is 0 Å². The Morgan fingerprint density at radius 2 is 1.57 bits per heavy atom. The van der Waals surface area contributed by atoms with Crippen LogP contribution < -0.4 is 4.74 Å². The van der Waals surface area contributed by atoms with Gasteiger partial charge in [0.25, 0.3) is 11.8 Å². The number of carbonyl (C=O) groups excluding carboxylic acids is 2. The predicted octanol–water partition coefficient (Wildman–Crippen LogP) is 3.29. The van der Waals surface area contributed by atoms with Crippen molar-refractivity contribution < 1.29 is 18.7 Å². The number of fused-ring (bicyclic) bond motifs is 1. The third-order valence-electron chi connectivity index (χ3n) is 5.32. The van der Waals surface area contributed by atoms with E-state index in [0.717, 1.165) is 0 Å². The Morgan fingerprint density at radius 1 is 0.933 bits per heavy atom. The van der Waals surface area contributed by atoms with E-state index >= 15 is 0 Å². The molecule has 3 aromatic rings. The van der Waals surface area contributed by atoms with Gasteiger partial charge in [0.15, 0.2) is 0 Å². The summed E-state index contributed by atoms with van der Waals surface area (Å²) in [5.41, 5.74) is 2.22. The number of aromatic nitrogens is 1. The van der Waals surface area contributed by atoms with Crippen LogP contribution in [0.25, 0.3) is 10.9 Å². The van der Waals surface area contributed by atoms with E-state index in [-0.39, 0.29) is 17.6 Å². The molecule has 1 fully saturated rings. The van der Waals surface area contributed by atoms with Crippen molar-refractivity contribution in [2.45, 2.75) is 6.92 Å². The number of benzene rings is 2. The van der Waals surface area contributed by atoms with Gasteiger partial charge in [-0.3, -0.25) is 14.6 Å². The minimum atomic E-state index is -0.385. The molecule has 2 aromatic carbocycles. The summed E-state index contributed by atoms with van der Waals surface area (Å²) < 4.78 is 18.7. The van der Waals surface area contributed by atoms with Crippen molar-refractivity contribution in [3.05, 3.63) is 71.2 Å². The van der Waals surface area contributed by atoms with Crippen LogP contribution in [0.5, 0.6) is 5.75 Å². The van der Waals surface area contributed by atoms with Crippen molar-refractivity contribution in [3.63, 3.8) is 0 Å². The summed E-state index contributed by atoms with van der Waals surface area (Å²) >= 11 is 0. The molecule has 1 aromatic heterocycles. The Balaban J connectivity index is 1.48. The van der Waals surface area contributed by atoms with Gasteiger partial charge in [0, 0.05) is 48.9 Å². The number of pyridine rings is 1. The summed E-state index contributed by atoms with van der Waals surface area (Å²) in [6.07, 6.45) is 0. The molecule has 0 spiro atoms. The Bertz CT molecular complexity index is 1100. The predicted molar refractivity (Wildman–Crippen MR) is 111 cm³/mol. The lowest BCUT2D eigenvalue weighted by molar-refractivity contribution is 0.0536. The summed E-state index contributed by atoms with van der Waals surface area (Å²) in [6, 6.07) is 13.0. The highest BCUT2D eigenvalue weighted by atomic mass is 19.1. The molecule has 1 aliphatic heterocycles. The highest BCUT2D eigenvalue weighted by Crippen LogP contribution is 2.22. The first-order valence-corrected chi connectivity index (χ1v) is 9.76. The quantitative estimate of drug-likeness (QED) is 0.669. The lowest BCUT2D eigenvalue weighted by atomic mass is 10.1. The first-order chi connectivity index (χ1) is 14.5. The normalized spacial score (nSPS) is 14.1. The van der Waals surface area contributed by atoms with E-state index in [1.165, 1.54) is 12.1 Å². The van der Waals surface area contributed by atoms with Gasteiger partial charge in [0.05, 0.1) is 18.2 Å². The molecule has 0 unspecified atom stereocenters.